The van der Waals surface area contributed by atoms with E-state index in [4.69, 9.17) is 9.15 Å². The minimum absolute atomic E-state index is 0.116. The van der Waals surface area contributed by atoms with Gasteiger partial charge in [0, 0.05) is 10.9 Å². The van der Waals surface area contributed by atoms with E-state index in [1.807, 2.05) is 7.85 Å². The fourth-order valence-corrected chi connectivity index (χ4v) is 2.37. The number of hydrogen-bond donors (Lipinski definition) is 1. The number of benzene rings is 2. The summed E-state index contributed by atoms with van der Waals surface area (Å²) in [5.41, 5.74) is 2.39. The van der Waals surface area contributed by atoms with E-state index in [0.717, 1.165) is 5.46 Å². The molecule has 3 rings (SSSR count). The van der Waals surface area contributed by atoms with Gasteiger partial charge < -0.3 is 14.3 Å². The first-order chi connectivity index (χ1) is 10.1. The maximum atomic E-state index is 12.6. The number of fused-ring (bicyclic) bond motifs is 1. The lowest BCUT2D eigenvalue weighted by Crippen LogP contribution is -2.04. The van der Waals surface area contributed by atoms with Crippen molar-refractivity contribution in [3.8, 4) is 11.5 Å². The van der Waals surface area contributed by atoms with Crippen LogP contribution in [0.2, 0.25) is 0 Å². The first-order valence-corrected chi connectivity index (χ1v) is 6.49. The second-order valence-electron chi connectivity index (χ2n) is 4.85. The van der Waals surface area contributed by atoms with Crippen LogP contribution >= 0.6 is 0 Å². The van der Waals surface area contributed by atoms with Crippen LogP contribution in [0.1, 0.15) is 15.9 Å². The summed E-state index contributed by atoms with van der Waals surface area (Å²) in [7, 11) is 3.40. The number of carbonyl (C=O) groups excluding carboxylic acids is 1. The third-order valence-corrected chi connectivity index (χ3v) is 3.44. The Kier molecular flexibility index (Phi) is 3.18. The highest BCUT2D eigenvalue weighted by Crippen LogP contribution is 2.26. The molecule has 0 aliphatic heterocycles. The minimum Gasteiger partial charge on any atom is -0.508 e. The Labute approximate surface area is 122 Å². The molecule has 0 aliphatic carbocycles. The number of rotatable bonds is 3. The van der Waals surface area contributed by atoms with E-state index in [1.165, 1.54) is 6.26 Å². The zero-order chi connectivity index (χ0) is 15.0. The van der Waals surface area contributed by atoms with E-state index >= 15 is 0 Å². The first kappa shape index (κ1) is 13.3. The summed E-state index contributed by atoms with van der Waals surface area (Å²) >= 11 is 0. The summed E-state index contributed by atoms with van der Waals surface area (Å²) in [6, 6.07) is 10.0. The predicted octanol–water partition coefficient (Wildman–Crippen LogP) is 1.64. The topological polar surface area (TPSA) is 59.7 Å². The molecule has 104 valence electrons. The van der Waals surface area contributed by atoms with Crippen LogP contribution in [0.4, 0.5) is 0 Å². The second kappa shape index (κ2) is 5.02. The summed E-state index contributed by atoms with van der Waals surface area (Å²) in [5.74, 6) is 0.656. The lowest BCUT2D eigenvalue weighted by molar-refractivity contribution is 0.103. The maximum absolute atomic E-state index is 12.6. The average molecular weight is 280 g/mol. The normalized spacial score (nSPS) is 10.7. The number of methoxy groups -OCH3 is 1. The summed E-state index contributed by atoms with van der Waals surface area (Å²) < 4.78 is 10.5. The molecule has 1 N–H and O–H groups in total. The molecule has 0 aliphatic rings. The molecule has 2 aromatic carbocycles. The molecule has 4 nitrogen and oxygen atoms in total. The number of ketones is 1. The average Bonchev–Trinajstić information content (AvgIpc) is 2.90. The monoisotopic (exact) mass is 280 g/mol. The Morgan fingerprint density at radius 3 is 2.62 bits per heavy atom. The fraction of sp³-hybridized carbons (Fsp3) is 0.0625. The van der Waals surface area contributed by atoms with E-state index < -0.39 is 0 Å². The van der Waals surface area contributed by atoms with Crippen molar-refractivity contribution < 1.29 is 19.1 Å². The van der Waals surface area contributed by atoms with Crippen molar-refractivity contribution in [1.29, 1.82) is 0 Å². The third kappa shape index (κ3) is 2.27. The predicted molar refractivity (Wildman–Crippen MR) is 82.5 cm³/mol. The van der Waals surface area contributed by atoms with Crippen LogP contribution in [0, 0.1) is 0 Å². The van der Waals surface area contributed by atoms with Crippen LogP contribution in [0.15, 0.2) is 47.1 Å². The Morgan fingerprint density at radius 2 is 1.95 bits per heavy atom. The minimum atomic E-state index is -0.151. The molecular weight excluding hydrogens is 267 g/mol. The van der Waals surface area contributed by atoms with Gasteiger partial charge in [-0.25, -0.2) is 0 Å². The Hall–Kier alpha value is -2.69. The standard InChI is InChI=1S/C16H13BO4/c1-20-11-4-2-9(3-5-11)15(19)13-8-21-16-12(13)6-10(18)7-14(16)17/h2-8,18H,17H2,1H3. The molecule has 0 radical (unpaired) electrons. The number of phenolic OH excluding ortho intramolecular Hbond substituents is 1. The largest absolute Gasteiger partial charge is 0.508 e. The number of hydrogen-bond acceptors (Lipinski definition) is 4. The van der Waals surface area contributed by atoms with Crippen molar-refractivity contribution in [3.63, 3.8) is 0 Å². The summed E-state index contributed by atoms with van der Waals surface area (Å²) in [4.78, 5) is 12.6. The highest BCUT2D eigenvalue weighted by molar-refractivity contribution is 6.39. The SMILES string of the molecule is Bc1cc(O)cc2c(C(=O)c3ccc(OC)cc3)coc12. The van der Waals surface area contributed by atoms with Gasteiger partial charge in [-0.1, -0.05) is 0 Å². The Morgan fingerprint density at radius 1 is 1.24 bits per heavy atom. The van der Waals surface area contributed by atoms with Gasteiger partial charge >= 0.3 is 0 Å². The molecule has 21 heavy (non-hydrogen) atoms. The van der Waals surface area contributed by atoms with E-state index in [-0.39, 0.29) is 11.5 Å². The van der Waals surface area contributed by atoms with E-state index in [2.05, 4.69) is 0 Å². The molecule has 0 spiro atoms. The lowest BCUT2D eigenvalue weighted by atomic mass is 9.92. The van der Waals surface area contributed by atoms with Gasteiger partial charge in [0.2, 0.25) is 0 Å². The molecule has 3 aromatic rings. The van der Waals surface area contributed by atoms with Gasteiger partial charge in [-0.15, -0.1) is 0 Å². The van der Waals surface area contributed by atoms with Crippen LogP contribution in [-0.2, 0) is 0 Å². The first-order valence-electron chi connectivity index (χ1n) is 6.49. The smallest absolute Gasteiger partial charge is 0.196 e. The van der Waals surface area contributed by atoms with Gasteiger partial charge in [0.25, 0.3) is 0 Å². The third-order valence-electron chi connectivity index (χ3n) is 3.44. The van der Waals surface area contributed by atoms with Crippen molar-refractivity contribution in [2.24, 2.45) is 0 Å². The maximum Gasteiger partial charge on any atom is 0.196 e. The van der Waals surface area contributed by atoms with Crippen LogP contribution in [-0.4, -0.2) is 25.8 Å². The summed E-state index contributed by atoms with van der Waals surface area (Å²) in [6.07, 6.45) is 1.43. The van der Waals surface area contributed by atoms with E-state index in [9.17, 15) is 9.90 Å². The molecule has 0 saturated carbocycles. The van der Waals surface area contributed by atoms with Gasteiger partial charge in [0.1, 0.15) is 31.2 Å². The number of furan rings is 1. The van der Waals surface area contributed by atoms with Gasteiger partial charge in [0.05, 0.1) is 12.7 Å². The Bertz CT molecular complexity index is 818. The van der Waals surface area contributed by atoms with Crippen LogP contribution in [0.5, 0.6) is 11.5 Å². The number of ether oxygens (including phenoxy) is 1. The number of carbonyl (C=O) groups is 1. The van der Waals surface area contributed by atoms with Crippen molar-refractivity contribution in [2.75, 3.05) is 7.11 Å². The summed E-state index contributed by atoms with van der Waals surface area (Å²) in [5, 5.41) is 10.3. The molecule has 1 aromatic heterocycles. The van der Waals surface area contributed by atoms with Crippen molar-refractivity contribution in [2.45, 2.75) is 0 Å². The Balaban J connectivity index is 2.09. The van der Waals surface area contributed by atoms with Gasteiger partial charge in [-0.3, -0.25) is 4.79 Å². The van der Waals surface area contributed by atoms with Crippen molar-refractivity contribution in [3.05, 3.63) is 53.8 Å². The van der Waals surface area contributed by atoms with Crippen LogP contribution < -0.4 is 10.2 Å². The van der Waals surface area contributed by atoms with Gasteiger partial charge in [-0.2, -0.15) is 0 Å². The molecule has 0 bridgehead atoms. The van der Waals surface area contributed by atoms with E-state index in [0.29, 0.717) is 27.8 Å². The fourth-order valence-electron chi connectivity index (χ4n) is 2.37. The molecule has 1 heterocycles. The molecular formula is C16H13BO4. The molecule has 0 amide bonds. The second-order valence-corrected chi connectivity index (χ2v) is 4.85. The number of aromatic hydroxyl groups is 1. The molecule has 0 fully saturated rings. The lowest BCUT2D eigenvalue weighted by Gasteiger charge is -2.02. The summed E-state index contributed by atoms with van der Waals surface area (Å²) in [6.45, 7) is 0. The van der Waals surface area contributed by atoms with Gasteiger partial charge in [0.15, 0.2) is 5.78 Å². The molecule has 0 atom stereocenters. The van der Waals surface area contributed by atoms with E-state index in [1.54, 1.807) is 43.5 Å². The zero-order valence-electron chi connectivity index (χ0n) is 11.7. The molecule has 0 saturated heterocycles. The molecule has 0 unspecified atom stereocenters. The highest BCUT2D eigenvalue weighted by atomic mass is 16.5. The van der Waals surface area contributed by atoms with Crippen molar-refractivity contribution in [1.82, 2.24) is 0 Å². The zero-order valence-corrected chi connectivity index (χ0v) is 11.7. The van der Waals surface area contributed by atoms with Crippen LogP contribution in [0.25, 0.3) is 11.0 Å². The van der Waals surface area contributed by atoms with Gasteiger partial charge in [-0.05, 0) is 41.9 Å². The van der Waals surface area contributed by atoms with Crippen molar-refractivity contribution >= 4 is 30.1 Å². The quantitative estimate of drug-likeness (QED) is 0.585. The number of phenols is 1. The molecule has 5 heteroatoms. The van der Waals surface area contributed by atoms with Crippen LogP contribution in [0.3, 0.4) is 0 Å². The highest BCUT2D eigenvalue weighted by Gasteiger charge is 2.17.